The molecule has 1 heterocycles. The summed E-state index contributed by atoms with van der Waals surface area (Å²) >= 11 is 0. The molecule has 9 nitrogen and oxygen atoms in total. The Morgan fingerprint density at radius 2 is 1.86 bits per heavy atom. The molecule has 2 unspecified atom stereocenters. The zero-order valence-electron chi connectivity index (χ0n) is 19.4. The van der Waals surface area contributed by atoms with Gasteiger partial charge in [0.25, 0.3) is 17.3 Å². The normalized spacial score (nSPS) is 21.8. The number of nitrogens with zero attached hydrogens (tertiary/aromatic N) is 2. The average Bonchev–Trinajstić information content (AvgIpc) is 3.66. The van der Waals surface area contributed by atoms with E-state index in [0.717, 1.165) is 18.4 Å². The summed E-state index contributed by atoms with van der Waals surface area (Å²) in [4.78, 5) is 67.5. The number of ketones is 2. The monoisotopic (exact) mass is 476 g/mol. The highest BCUT2D eigenvalue weighted by Crippen LogP contribution is 2.44. The van der Waals surface area contributed by atoms with Gasteiger partial charge in [0.15, 0.2) is 0 Å². The van der Waals surface area contributed by atoms with Crippen LogP contribution in [-0.4, -0.2) is 59.0 Å². The van der Waals surface area contributed by atoms with E-state index in [-0.39, 0.29) is 17.2 Å². The first kappa shape index (κ1) is 22.8. The molecule has 35 heavy (non-hydrogen) atoms. The smallest absolute Gasteiger partial charge is 0.419 e. The zero-order valence-corrected chi connectivity index (χ0v) is 19.4. The van der Waals surface area contributed by atoms with Crippen molar-refractivity contribution in [3.63, 3.8) is 0 Å². The fourth-order valence-corrected chi connectivity index (χ4v) is 4.80. The number of hydrogen-bond acceptors (Lipinski definition) is 7. The van der Waals surface area contributed by atoms with Crippen LogP contribution in [0, 0.1) is 5.92 Å². The third-order valence-electron chi connectivity index (χ3n) is 6.99. The molecule has 5 rings (SSSR count). The first-order chi connectivity index (χ1) is 16.8. The van der Waals surface area contributed by atoms with Crippen molar-refractivity contribution >= 4 is 29.5 Å². The molecule has 0 radical (unpaired) electrons. The lowest BCUT2D eigenvalue weighted by molar-refractivity contribution is -0.148. The first-order valence-electron chi connectivity index (χ1n) is 11.4. The van der Waals surface area contributed by atoms with Gasteiger partial charge in [-0.15, -0.1) is 0 Å². The van der Waals surface area contributed by atoms with Crippen molar-refractivity contribution in [2.24, 2.45) is 5.92 Å². The SMILES string of the molecule is COc1ccc2c(c1)C(=O)C(=O)C21OC(=O)N(CC(=O)N(Cc2ccccc2)C(C)C2CC2)C1=O. The van der Waals surface area contributed by atoms with Gasteiger partial charge in [0.05, 0.1) is 7.11 Å². The summed E-state index contributed by atoms with van der Waals surface area (Å²) in [5.41, 5.74) is -1.56. The van der Waals surface area contributed by atoms with Gasteiger partial charge < -0.3 is 14.4 Å². The number of benzene rings is 2. The number of Topliss-reactive ketones (excluding diaryl/α,β-unsaturated/α-hetero) is 2. The minimum atomic E-state index is -2.40. The fraction of sp³-hybridized carbons (Fsp3) is 0.346. The molecule has 2 fully saturated rings. The Bertz CT molecular complexity index is 1250. The van der Waals surface area contributed by atoms with E-state index in [0.29, 0.717) is 23.1 Å². The summed E-state index contributed by atoms with van der Waals surface area (Å²) in [5, 5.41) is 0. The largest absolute Gasteiger partial charge is 0.497 e. The second kappa shape index (κ2) is 8.33. The van der Waals surface area contributed by atoms with Gasteiger partial charge in [-0.1, -0.05) is 30.3 Å². The van der Waals surface area contributed by atoms with E-state index in [4.69, 9.17) is 9.47 Å². The highest BCUT2D eigenvalue weighted by Gasteiger charge is 2.67. The van der Waals surface area contributed by atoms with Crippen molar-refractivity contribution < 1.29 is 33.4 Å². The molecule has 1 aliphatic heterocycles. The number of hydrogen-bond donors (Lipinski definition) is 0. The van der Waals surface area contributed by atoms with Crippen molar-refractivity contribution in [2.75, 3.05) is 13.7 Å². The van der Waals surface area contributed by atoms with E-state index < -0.39 is 41.6 Å². The molecular formula is C26H24N2O7. The quantitative estimate of drug-likeness (QED) is 0.446. The van der Waals surface area contributed by atoms with Crippen LogP contribution in [0.5, 0.6) is 5.75 Å². The third-order valence-corrected chi connectivity index (χ3v) is 6.99. The van der Waals surface area contributed by atoms with Gasteiger partial charge in [-0.3, -0.25) is 19.2 Å². The van der Waals surface area contributed by atoms with E-state index in [9.17, 15) is 24.0 Å². The molecule has 2 atom stereocenters. The maximum Gasteiger partial charge on any atom is 0.419 e. The van der Waals surface area contributed by atoms with Crippen LogP contribution in [0.3, 0.4) is 0 Å². The lowest BCUT2D eigenvalue weighted by Crippen LogP contribution is -2.49. The van der Waals surface area contributed by atoms with E-state index in [1.165, 1.54) is 25.3 Å². The zero-order chi connectivity index (χ0) is 24.9. The second-order valence-corrected chi connectivity index (χ2v) is 9.10. The van der Waals surface area contributed by atoms with Crippen LogP contribution in [0.2, 0.25) is 0 Å². The van der Waals surface area contributed by atoms with Crippen LogP contribution in [0.1, 0.15) is 41.3 Å². The van der Waals surface area contributed by atoms with Crippen LogP contribution < -0.4 is 4.74 Å². The molecule has 0 aromatic heterocycles. The topological polar surface area (TPSA) is 110 Å². The van der Waals surface area contributed by atoms with Gasteiger partial charge in [-0.05, 0) is 49.4 Å². The predicted molar refractivity (Wildman–Crippen MR) is 121 cm³/mol. The number of carbonyl (C=O) groups is 5. The fourth-order valence-electron chi connectivity index (χ4n) is 4.80. The second-order valence-electron chi connectivity index (χ2n) is 9.10. The molecule has 0 N–H and O–H groups in total. The van der Waals surface area contributed by atoms with E-state index in [2.05, 4.69) is 0 Å². The van der Waals surface area contributed by atoms with Gasteiger partial charge >= 0.3 is 6.09 Å². The van der Waals surface area contributed by atoms with Gasteiger partial charge in [-0.2, -0.15) is 0 Å². The Kier molecular flexibility index (Phi) is 5.42. The Labute approximate surface area is 201 Å². The number of methoxy groups -OCH3 is 1. The molecule has 0 bridgehead atoms. The van der Waals surface area contributed by atoms with Crippen molar-refractivity contribution in [1.82, 2.24) is 9.80 Å². The first-order valence-corrected chi connectivity index (χ1v) is 11.4. The molecule has 2 aliphatic carbocycles. The Morgan fingerprint density at radius 1 is 1.14 bits per heavy atom. The number of rotatable bonds is 7. The summed E-state index contributed by atoms with van der Waals surface area (Å²) in [6.07, 6.45) is 0.876. The maximum atomic E-state index is 13.5. The van der Waals surface area contributed by atoms with Gasteiger partial charge in [0, 0.05) is 23.7 Å². The highest BCUT2D eigenvalue weighted by molar-refractivity contribution is 6.54. The van der Waals surface area contributed by atoms with Crippen LogP contribution in [0.25, 0.3) is 0 Å². The number of imide groups is 1. The molecule has 1 spiro atoms. The molecule has 1 saturated heterocycles. The van der Waals surface area contributed by atoms with Crippen molar-refractivity contribution in [2.45, 2.75) is 38.0 Å². The minimum absolute atomic E-state index is 0.0194. The summed E-state index contributed by atoms with van der Waals surface area (Å²) in [6.45, 7) is 1.68. The average molecular weight is 476 g/mol. The Hall–Kier alpha value is -4.01. The van der Waals surface area contributed by atoms with Crippen molar-refractivity contribution in [1.29, 1.82) is 0 Å². The lowest BCUT2D eigenvalue weighted by atomic mass is 9.94. The molecule has 3 amide bonds. The van der Waals surface area contributed by atoms with Gasteiger partial charge in [-0.25, -0.2) is 9.69 Å². The lowest BCUT2D eigenvalue weighted by Gasteiger charge is -2.30. The van der Waals surface area contributed by atoms with E-state index >= 15 is 0 Å². The molecule has 1 saturated carbocycles. The molecule has 2 aromatic rings. The predicted octanol–water partition coefficient (Wildman–Crippen LogP) is 2.46. The molecule has 2 aromatic carbocycles. The number of ether oxygens (including phenoxy) is 2. The Morgan fingerprint density at radius 3 is 2.51 bits per heavy atom. The summed E-state index contributed by atoms with van der Waals surface area (Å²) in [5.74, 6) is -2.90. The molecular weight excluding hydrogens is 452 g/mol. The van der Waals surface area contributed by atoms with Crippen LogP contribution >= 0.6 is 0 Å². The number of amides is 3. The standard InChI is InChI=1S/C26H24N2O7/c1-15(17-8-9-17)27(13-16-6-4-3-5-7-16)21(29)14-28-24(32)26(35-25(28)33)20-11-10-18(34-2)12-19(20)22(30)23(26)31/h3-7,10-12,15,17H,8-9,13-14H2,1-2H3. The number of carbonyl (C=O) groups excluding carboxylic acids is 5. The maximum absolute atomic E-state index is 13.5. The van der Waals surface area contributed by atoms with Gasteiger partial charge in [0.1, 0.15) is 12.3 Å². The Balaban J connectivity index is 1.43. The van der Waals surface area contributed by atoms with Crippen LogP contribution in [0.4, 0.5) is 4.79 Å². The molecule has 180 valence electrons. The molecule has 3 aliphatic rings. The van der Waals surface area contributed by atoms with E-state index in [1.54, 1.807) is 4.90 Å². The summed E-state index contributed by atoms with van der Waals surface area (Å²) in [7, 11) is 1.40. The minimum Gasteiger partial charge on any atom is -0.497 e. The van der Waals surface area contributed by atoms with E-state index in [1.807, 2.05) is 37.3 Å². The molecule has 9 heteroatoms. The third kappa shape index (κ3) is 3.58. The van der Waals surface area contributed by atoms with Crippen molar-refractivity contribution in [3.05, 3.63) is 65.2 Å². The summed E-state index contributed by atoms with van der Waals surface area (Å²) < 4.78 is 10.4. The highest BCUT2D eigenvalue weighted by atomic mass is 16.6. The van der Waals surface area contributed by atoms with Crippen LogP contribution in [0.15, 0.2) is 48.5 Å². The number of fused-ring (bicyclic) bond motifs is 2. The van der Waals surface area contributed by atoms with Gasteiger partial charge in [0.2, 0.25) is 11.7 Å². The van der Waals surface area contributed by atoms with Crippen LogP contribution in [-0.2, 0) is 31.3 Å². The van der Waals surface area contributed by atoms with Crippen molar-refractivity contribution in [3.8, 4) is 5.75 Å². The summed E-state index contributed by atoms with van der Waals surface area (Å²) in [6, 6.07) is 13.5.